The summed E-state index contributed by atoms with van der Waals surface area (Å²) in [6.45, 7) is 3.29. The number of ether oxygens (including phenoxy) is 2. The van der Waals surface area contributed by atoms with Crippen molar-refractivity contribution in [3.8, 4) is 11.5 Å². The van der Waals surface area contributed by atoms with Gasteiger partial charge in [0.15, 0.2) is 11.5 Å². The zero-order valence-electron chi connectivity index (χ0n) is 16.4. The molecule has 0 amide bonds. The van der Waals surface area contributed by atoms with Crippen LogP contribution in [0.25, 0.3) is 0 Å². The zero-order valence-corrected chi connectivity index (χ0v) is 17.9. The molecule has 0 aromatic heterocycles. The van der Waals surface area contributed by atoms with E-state index in [-0.39, 0.29) is 23.0 Å². The van der Waals surface area contributed by atoms with Gasteiger partial charge in [0.1, 0.15) is 18.2 Å². The van der Waals surface area contributed by atoms with Gasteiger partial charge in [-0.15, -0.1) is 0 Å². The second-order valence-corrected chi connectivity index (χ2v) is 7.37. The van der Waals surface area contributed by atoms with Crippen LogP contribution in [0.4, 0.5) is 8.78 Å². The average Bonchev–Trinajstić information content (AvgIpc) is 2.71. The zero-order chi connectivity index (χ0) is 21.5. The van der Waals surface area contributed by atoms with Crippen molar-refractivity contribution in [1.82, 2.24) is 5.32 Å². The van der Waals surface area contributed by atoms with Gasteiger partial charge in [0.05, 0.1) is 16.7 Å². The first-order chi connectivity index (χ1) is 14.5. The van der Waals surface area contributed by atoms with E-state index in [2.05, 4.69) is 5.32 Å². The van der Waals surface area contributed by atoms with Gasteiger partial charge in [0.25, 0.3) is 0 Å². The average molecular weight is 452 g/mol. The Morgan fingerprint density at radius 2 is 1.60 bits per heavy atom. The van der Waals surface area contributed by atoms with E-state index in [1.54, 1.807) is 24.3 Å². The fourth-order valence-corrected chi connectivity index (χ4v) is 3.40. The van der Waals surface area contributed by atoms with Gasteiger partial charge in [-0.05, 0) is 54.4 Å². The summed E-state index contributed by atoms with van der Waals surface area (Å²) in [4.78, 5) is 0. The minimum atomic E-state index is -0.446. The smallest absolute Gasteiger partial charge is 0.180 e. The van der Waals surface area contributed by atoms with Gasteiger partial charge >= 0.3 is 0 Å². The van der Waals surface area contributed by atoms with Crippen molar-refractivity contribution in [1.29, 1.82) is 0 Å². The predicted molar refractivity (Wildman–Crippen MR) is 115 cm³/mol. The number of halogens is 4. The highest BCUT2D eigenvalue weighted by Gasteiger charge is 2.15. The molecule has 3 nitrogen and oxygen atoms in total. The summed E-state index contributed by atoms with van der Waals surface area (Å²) in [5.41, 5.74) is 2.11. The normalized spacial score (nSPS) is 10.8. The van der Waals surface area contributed by atoms with Crippen LogP contribution in [0.1, 0.15) is 23.6 Å². The molecule has 0 spiro atoms. The first-order valence-corrected chi connectivity index (χ1v) is 10.2. The van der Waals surface area contributed by atoms with E-state index in [1.807, 2.05) is 13.0 Å². The van der Waals surface area contributed by atoms with Crippen molar-refractivity contribution in [3.05, 3.63) is 93.0 Å². The quantitative estimate of drug-likeness (QED) is 0.400. The van der Waals surface area contributed by atoms with Crippen LogP contribution in [0.2, 0.25) is 10.0 Å². The Morgan fingerprint density at radius 3 is 2.30 bits per heavy atom. The van der Waals surface area contributed by atoms with Crippen molar-refractivity contribution < 1.29 is 18.3 Å². The minimum Gasteiger partial charge on any atom is -0.490 e. The summed E-state index contributed by atoms with van der Waals surface area (Å²) in [6.07, 6.45) is 0. The molecule has 0 aliphatic carbocycles. The molecule has 0 bridgehead atoms. The number of benzene rings is 3. The third kappa shape index (κ3) is 5.85. The largest absolute Gasteiger partial charge is 0.490 e. The van der Waals surface area contributed by atoms with Crippen molar-refractivity contribution in [2.45, 2.75) is 26.6 Å². The molecule has 0 aliphatic heterocycles. The van der Waals surface area contributed by atoms with Crippen LogP contribution in [0.15, 0.2) is 54.6 Å². The fraction of sp³-hybridized carbons (Fsp3) is 0.217. The summed E-state index contributed by atoms with van der Waals surface area (Å²) in [5, 5.41) is 3.92. The molecule has 0 radical (unpaired) electrons. The van der Waals surface area contributed by atoms with Gasteiger partial charge in [-0.2, -0.15) is 0 Å². The Morgan fingerprint density at radius 1 is 0.867 bits per heavy atom. The van der Waals surface area contributed by atoms with Crippen molar-refractivity contribution >= 4 is 23.2 Å². The molecular weight excluding hydrogens is 431 g/mol. The van der Waals surface area contributed by atoms with E-state index < -0.39 is 5.82 Å². The Balaban J connectivity index is 1.70. The molecule has 0 atom stereocenters. The molecule has 3 aromatic carbocycles. The number of nitrogens with one attached hydrogen (secondary N) is 1. The molecular formula is C23H21Cl2F2NO2. The third-order valence-corrected chi connectivity index (χ3v) is 5.00. The first kappa shape index (κ1) is 22.3. The maximum atomic E-state index is 14.0. The van der Waals surface area contributed by atoms with Crippen molar-refractivity contribution in [2.75, 3.05) is 6.61 Å². The number of hydrogen-bond donors (Lipinski definition) is 1. The molecule has 1 N–H and O–H groups in total. The maximum Gasteiger partial charge on any atom is 0.180 e. The minimum absolute atomic E-state index is 0.0759. The highest BCUT2D eigenvalue weighted by Crippen LogP contribution is 2.37. The monoisotopic (exact) mass is 451 g/mol. The highest BCUT2D eigenvalue weighted by atomic mass is 35.5. The Bertz CT molecular complexity index is 977. The third-order valence-electron chi connectivity index (χ3n) is 4.36. The van der Waals surface area contributed by atoms with E-state index in [1.165, 1.54) is 24.3 Å². The standard InChI is InChI=1S/C23H21Cl2F2NO2/c1-2-29-22-11-16(13-28-12-15-6-8-17(26)9-7-15)10-20(25)23(22)30-14-18-19(24)4-3-5-21(18)27/h3-11,28H,2,12-14H2,1H3. The number of hydrogen-bond acceptors (Lipinski definition) is 3. The number of rotatable bonds is 9. The van der Waals surface area contributed by atoms with Crippen LogP contribution in [-0.4, -0.2) is 6.61 Å². The van der Waals surface area contributed by atoms with Gasteiger partial charge in [-0.1, -0.05) is 41.4 Å². The molecule has 0 unspecified atom stereocenters. The van der Waals surface area contributed by atoms with Crippen LogP contribution in [-0.2, 0) is 19.7 Å². The summed E-state index contributed by atoms with van der Waals surface area (Å²) in [5.74, 6) is 0.0912. The van der Waals surface area contributed by atoms with E-state index in [0.717, 1.165) is 11.1 Å². The summed E-state index contributed by atoms with van der Waals surface area (Å²) in [7, 11) is 0. The lowest BCUT2D eigenvalue weighted by atomic mass is 10.1. The van der Waals surface area contributed by atoms with E-state index in [0.29, 0.717) is 36.2 Å². The lowest BCUT2D eigenvalue weighted by Gasteiger charge is -2.16. The van der Waals surface area contributed by atoms with E-state index >= 15 is 0 Å². The van der Waals surface area contributed by atoms with E-state index in [4.69, 9.17) is 32.7 Å². The van der Waals surface area contributed by atoms with Gasteiger partial charge in [-0.25, -0.2) is 8.78 Å². The Labute approximate surface area is 184 Å². The van der Waals surface area contributed by atoms with Crippen LogP contribution in [0, 0.1) is 11.6 Å². The predicted octanol–water partition coefficient (Wildman–Crippen LogP) is 6.54. The van der Waals surface area contributed by atoms with E-state index in [9.17, 15) is 8.78 Å². The molecule has 7 heteroatoms. The lowest BCUT2D eigenvalue weighted by Crippen LogP contribution is -2.13. The second kappa shape index (κ2) is 10.6. The molecule has 0 saturated heterocycles. The highest BCUT2D eigenvalue weighted by molar-refractivity contribution is 6.32. The van der Waals surface area contributed by atoms with Crippen LogP contribution >= 0.6 is 23.2 Å². The van der Waals surface area contributed by atoms with Crippen LogP contribution < -0.4 is 14.8 Å². The van der Waals surface area contributed by atoms with Crippen molar-refractivity contribution in [3.63, 3.8) is 0 Å². The molecule has 3 rings (SSSR count). The van der Waals surface area contributed by atoms with Crippen LogP contribution in [0.3, 0.4) is 0 Å². The maximum absolute atomic E-state index is 14.0. The van der Waals surface area contributed by atoms with Gasteiger partial charge in [0, 0.05) is 18.7 Å². The summed E-state index contributed by atoms with van der Waals surface area (Å²) in [6, 6.07) is 14.4. The topological polar surface area (TPSA) is 30.5 Å². The van der Waals surface area contributed by atoms with Crippen molar-refractivity contribution in [2.24, 2.45) is 0 Å². The first-order valence-electron chi connectivity index (χ1n) is 9.44. The fourth-order valence-electron chi connectivity index (χ4n) is 2.89. The molecule has 0 fully saturated rings. The lowest BCUT2D eigenvalue weighted by molar-refractivity contribution is 0.266. The molecule has 0 heterocycles. The molecule has 0 aliphatic rings. The Hall–Kier alpha value is -2.34. The molecule has 158 valence electrons. The van der Waals surface area contributed by atoms with Gasteiger partial charge < -0.3 is 14.8 Å². The summed E-state index contributed by atoms with van der Waals surface area (Å²) < 4.78 is 38.5. The molecule has 3 aromatic rings. The van der Waals surface area contributed by atoms with Gasteiger partial charge in [0.2, 0.25) is 0 Å². The summed E-state index contributed by atoms with van der Waals surface area (Å²) >= 11 is 12.5. The van der Waals surface area contributed by atoms with Crippen LogP contribution in [0.5, 0.6) is 11.5 Å². The second-order valence-electron chi connectivity index (χ2n) is 6.56. The molecule has 0 saturated carbocycles. The molecule has 30 heavy (non-hydrogen) atoms. The van der Waals surface area contributed by atoms with Gasteiger partial charge in [-0.3, -0.25) is 0 Å². The Kier molecular flexibility index (Phi) is 7.91. The SMILES string of the molecule is CCOc1cc(CNCc2ccc(F)cc2)cc(Cl)c1OCc1c(F)cccc1Cl.